The van der Waals surface area contributed by atoms with E-state index in [-0.39, 0.29) is 4.75 Å². The first-order chi connectivity index (χ1) is 9.85. The lowest BCUT2D eigenvalue weighted by molar-refractivity contribution is 0.549. The fourth-order valence-electron chi connectivity index (χ4n) is 2.14. The van der Waals surface area contributed by atoms with E-state index in [4.69, 9.17) is 4.98 Å². The SMILES string of the molecule is CC(C)CNCc1cc2ccccc2nc1SC(C)(C)C. The minimum absolute atomic E-state index is 0.169. The Morgan fingerprint density at radius 2 is 1.90 bits per heavy atom. The van der Waals surface area contributed by atoms with Crippen LogP contribution in [0, 0.1) is 5.92 Å². The summed E-state index contributed by atoms with van der Waals surface area (Å²) in [6.45, 7) is 13.1. The minimum atomic E-state index is 0.169. The van der Waals surface area contributed by atoms with E-state index in [0.717, 1.165) is 23.6 Å². The molecule has 1 aromatic heterocycles. The molecular weight excluding hydrogens is 276 g/mol. The molecule has 1 heterocycles. The third-order valence-electron chi connectivity index (χ3n) is 3.03. The lowest BCUT2D eigenvalue weighted by atomic mass is 10.1. The summed E-state index contributed by atoms with van der Waals surface area (Å²) in [5.74, 6) is 0.664. The van der Waals surface area contributed by atoms with Crippen molar-refractivity contribution in [1.29, 1.82) is 0 Å². The number of fused-ring (bicyclic) bond motifs is 1. The van der Waals surface area contributed by atoms with Crippen molar-refractivity contribution in [2.24, 2.45) is 5.92 Å². The van der Waals surface area contributed by atoms with Crippen LogP contribution in [0.4, 0.5) is 0 Å². The van der Waals surface area contributed by atoms with Gasteiger partial charge in [-0.3, -0.25) is 0 Å². The highest BCUT2D eigenvalue weighted by molar-refractivity contribution is 8.00. The molecule has 1 N–H and O–H groups in total. The smallest absolute Gasteiger partial charge is 0.102 e. The zero-order valence-electron chi connectivity index (χ0n) is 13.7. The van der Waals surface area contributed by atoms with Crippen molar-refractivity contribution in [1.82, 2.24) is 10.3 Å². The van der Waals surface area contributed by atoms with Crippen LogP contribution in [0.1, 0.15) is 40.2 Å². The van der Waals surface area contributed by atoms with Crippen molar-refractivity contribution < 1.29 is 0 Å². The van der Waals surface area contributed by atoms with Gasteiger partial charge >= 0.3 is 0 Å². The highest BCUT2D eigenvalue weighted by atomic mass is 32.2. The Morgan fingerprint density at radius 1 is 1.19 bits per heavy atom. The van der Waals surface area contributed by atoms with Crippen molar-refractivity contribution in [3.8, 4) is 0 Å². The van der Waals surface area contributed by atoms with Gasteiger partial charge in [0.15, 0.2) is 0 Å². The van der Waals surface area contributed by atoms with Crippen molar-refractivity contribution in [2.75, 3.05) is 6.54 Å². The van der Waals surface area contributed by atoms with Gasteiger partial charge in [0.2, 0.25) is 0 Å². The number of para-hydroxylation sites is 1. The van der Waals surface area contributed by atoms with E-state index in [9.17, 15) is 0 Å². The quantitative estimate of drug-likeness (QED) is 0.798. The number of pyridine rings is 1. The number of rotatable bonds is 5. The summed E-state index contributed by atoms with van der Waals surface area (Å²) in [4.78, 5) is 4.88. The summed E-state index contributed by atoms with van der Waals surface area (Å²) < 4.78 is 0.169. The Hall–Kier alpha value is -1.06. The molecular formula is C18H26N2S. The van der Waals surface area contributed by atoms with E-state index in [1.807, 2.05) is 11.8 Å². The molecule has 0 spiro atoms. The zero-order valence-corrected chi connectivity index (χ0v) is 14.6. The molecule has 114 valence electrons. The van der Waals surface area contributed by atoms with Gasteiger partial charge in [-0.15, -0.1) is 11.8 Å². The summed E-state index contributed by atoms with van der Waals surface area (Å²) >= 11 is 1.85. The van der Waals surface area contributed by atoms with E-state index in [0.29, 0.717) is 5.92 Å². The molecule has 0 aliphatic carbocycles. The summed E-state index contributed by atoms with van der Waals surface area (Å²) in [7, 11) is 0. The van der Waals surface area contributed by atoms with Crippen LogP contribution in [0.15, 0.2) is 35.4 Å². The van der Waals surface area contributed by atoms with Crippen LogP contribution in [-0.4, -0.2) is 16.3 Å². The van der Waals surface area contributed by atoms with Crippen LogP contribution in [0.25, 0.3) is 10.9 Å². The van der Waals surface area contributed by atoms with Crippen LogP contribution < -0.4 is 5.32 Å². The highest BCUT2D eigenvalue weighted by Gasteiger charge is 2.17. The van der Waals surface area contributed by atoms with Crippen LogP contribution in [0.5, 0.6) is 0 Å². The molecule has 3 heteroatoms. The first kappa shape index (κ1) is 16.3. The van der Waals surface area contributed by atoms with Gasteiger partial charge in [0.05, 0.1) is 5.52 Å². The second-order valence-electron chi connectivity index (χ2n) is 6.88. The summed E-state index contributed by atoms with van der Waals surface area (Å²) in [5, 5.41) is 5.91. The summed E-state index contributed by atoms with van der Waals surface area (Å²) in [6.07, 6.45) is 0. The number of aromatic nitrogens is 1. The molecule has 0 aliphatic heterocycles. The minimum Gasteiger partial charge on any atom is -0.312 e. The topological polar surface area (TPSA) is 24.9 Å². The van der Waals surface area contributed by atoms with E-state index < -0.39 is 0 Å². The number of hydrogen-bond acceptors (Lipinski definition) is 3. The van der Waals surface area contributed by atoms with E-state index in [1.165, 1.54) is 10.9 Å². The fraction of sp³-hybridized carbons (Fsp3) is 0.500. The first-order valence-corrected chi connectivity index (χ1v) is 8.45. The molecule has 0 atom stereocenters. The predicted octanol–water partition coefficient (Wildman–Crippen LogP) is 4.87. The number of hydrogen-bond donors (Lipinski definition) is 1. The van der Waals surface area contributed by atoms with Crippen LogP contribution >= 0.6 is 11.8 Å². The standard InChI is InChI=1S/C18H26N2S/c1-13(2)11-19-12-15-10-14-8-6-7-9-16(14)20-17(15)21-18(3,4)5/h6-10,13,19H,11-12H2,1-5H3. The van der Waals surface area contributed by atoms with Crippen molar-refractivity contribution in [2.45, 2.75) is 50.9 Å². The number of nitrogens with one attached hydrogen (secondary N) is 1. The maximum Gasteiger partial charge on any atom is 0.102 e. The second kappa shape index (κ2) is 6.80. The van der Waals surface area contributed by atoms with E-state index in [1.54, 1.807) is 0 Å². The lowest BCUT2D eigenvalue weighted by Gasteiger charge is -2.20. The van der Waals surface area contributed by atoms with Crippen molar-refractivity contribution in [3.05, 3.63) is 35.9 Å². The molecule has 0 aliphatic rings. The maximum absolute atomic E-state index is 4.88. The van der Waals surface area contributed by atoms with Gasteiger partial charge in [0, 0.05) is 16.7 Å². The molecule has 2 aromatic rings. The van der Waals surface area contributed by atoms with E-state index >= 15 is 0 Å². The highest BCUT2D eigenvalue weighted by Crippen LogP contribution is 2.34. The van der Waals surface area contributed by atoms with Crippen LogP contribution in [-0.2, 0) is 6.54 Å². The molecule has 0 unspecified atom stereocenters. The molecule has 2 nitrogen and oxygen atoms in total. The monoisotopic (exact) mass is 302 g/mol. The Balaban J connectivity index is 2.31. The number of benzene rings is 1. The number of thioether (sulfide) groups is 1. The molecule has 0 radical (unpaired) electrons. The van der Waals surface area contributed by atoms with Crippen LogP contribution in [0.3, 0.4) is 0 Å². The number of nitrogens with zero attached hydrogens (tertiary/aromatic N) is 1. The Labute approximate surface area is 132 Å². The average Bonchev–Trinajstić information content (AvgIpc) is 2.37. The van der Waals surface area contributed by atoms with Gasteiger partial charge in [-0.2, -0.15) is 0 Å². The van der Waals surface area contributed by atoms with Gasteiger partial charge in [-0.25, -0.2) is 4.98 Å². The van der Waals surface area contributed by atoms with Gasteiger partial charge in [-0.1, -0.05) is 52.8 Å². The molecule has 1 aromatic carbocycles. The summed E-state index contributed by atoms with van der Waals surface area (Å²) in [5.41, 5.74) is 2.38. The Kier molecular flexibility index (Phi) is 5.28. The third-order valence-corrected chi connectivity index (χ3v) is 4.19. The Morgan fingerprint density at radius 3 is 2.57 bits per heavy atom. The second-order valence-corrected chi connectivity index (χ2v) is 8.70. The van der Waals surface area contributed by atoms with Gasteiger partial charge in [0.25, 0.3) is 0 Å². The molecule has 2 rings (SSSR count). The van der Waals surface area contributed by atoms with E-state index in [2.05, 4.69) is 70.3 Å². The molecule has 0 saturated heterocycles. The maximum atomic E-state index is 4.88. The van der Waals surface area contributed by atoms with Gasteiger partial charge in [0.1, 0.15) is 5.03 Å². The summed E-state index contributed by atoms with van der Waals surface area (Å²) in [6, 6.07) is 10.6. The molecule has 0 amide bonds. The average molecular weight is 302 g/mol. The zero-order chi connectivity index (χ0) is 15.5. The van der Waals surface area contributed by atoms with Crippen molar-refractivity contribution in [3.63, 3.8) is 0 Å². The molecule has 0 fully saturated rings. The van der Waals surface area contributed by atoms with Gasteiger partial charge < -0.3 is 5.32 Å². The largest absolute Gasteiger partial charge is 0.312 e. The molecule has 0 saturated carbocycles. The van der Waals surface area contributed by atoms with Crippen LogP contribution in [0.2, 0.25) is 0 Å². The normalized spacial score (nSPS) is 12.3. The van der Waals surface area contributed by atoms with Crippen molar-refractivity contribution >= 4 is 22.7 Å². The first-order valence-electron chi connectivity index (χ1n) is 7.63. The van der Waals surface area contributed by atoms with Gasteiger partial charge in [-0.05, 0) is 30.2 Å². The molecule has 0 bridgehead atoms. The predicted molar refractivity (Wildman–Crippen MR) is 93.9 cm³/mol. The lowest BCUT2D eigenvalue weighted by Crippen LogP contribution is -2.20. The third kappa shape index (κ3) is 5.01. The Bertz CT molecular complexity index is 600. The fourth-order valence-corrected chi connectivity index (χ4v) is 3.13. The molecule has 21 heavy (non-hydrogen) atoms.